The maximum absolute atomic E-state index is 5.37. The van der Waals surface area contributed by atoms with E-state index in [1.807, 2.05) is 67.6 Å². The third-order valence-corrected chi connectivity index (χ3v) is 4.55. The standard InChI is InChI=1S/C18H17N5S/c1-12(22-23-18(19)20)16-15(13-8-4-2-5-9-13)21-17(24-16)14-10-6-3-7-11-14/h2-11H,1H3,(H4,19,20,23)/b22-12+. The first kappa shape index (κ1) is 15.9. The number of nitrogens with zero attached hydrogens (tertiary/aromatic N) is 3. The van der Waals surface area contributed by atoms with E-state index < -0.39 is 0 Å². The van der Waals surface area contributed by atoms with E-state index in [-0.39, 0.29) is 5.96 Å². The minimum Gasteiger partial charge on any atom is -0.369 e. The Morgan fingerprint density at radius 2 is 1.46 bits per heavy atom. The summed E-state index contributed by atoms with van der Waals surface area (Å²) >= 11 is 1.57. The number of hydrogen-bond donors (Lipinski definition) is 2. The molecule has 0 bridgehead atoms. The molecule has 0 saturated heterocycles. The molecule has 4 N–H and O–H groups in total. The van der Waals surface area contributed by atoms with Crippen LogP contribution in [0.2, 0.25) is 0 Å². The SMILES string of the molecule is C/C(=N\N=C(N)N)c1sc(-c2ccccc2)nc1-c1ccccc1. The number of guanidine groups is 1. The molecule has 0 saturated carbocycles. The lowest BCUT2D eigenvalue weighted by atomic mass is 10.1. The van der Waals surface area contributed by atoms with Crippen LogP contribution in [0.5, 0.6) is 0 Å². The highest BCUT2D eigenvalue weighted by Gasteiger charge is 2.16. The predicted octanol–water partition coefficient (Wildman–Crippen LogP) is 3.47. The van der Waals surface area contributed by atoms with Crippen LogP contribution in [0.1, 0.15) is 11.8 Å². The fraction of sp³-hybridized carbons (Fsp3) is 0.0556. The number of benzene rings is 2. The van der Waals surface area contributed by atoms with Crippen molar-refractivity contribution in [3.63, 3.8) is 0 Å². The summed E-state index contributed by atoms with van der Waals surface area (Å²) < 4.78 is 0. The van der Waals surface area contributed by atoms with Gasteiger partial charge in [0, 0.05) is 11.1 Å². The van der Waals surface area contributed by atoms with Crippen molar-refractivity contribution in [1.29, 1.82) is 0 Å². The highest BCUT2D eigenvalue weighted by Crippen LogP contribution is 2.34. The Hall–Kier alpha value is -2.99. The van der Waals surface area contributed by atoms with Crippen molar-refractivity contribution in [1.82, 2.24) is 4.98 Å². The largest absolute Gasteiger partial charge is 0.369 e. The van der Waals surface area contributed by atoms with Crippen LogP contribution >= 0.6 is 11.3 Å². The Balaban J connectivity index is 2.14. The van der Waals surface area contributed by atoms with Crippen molar-refractivity contribution >= 4 is 23.0 Å². The Bertz CT molecular complexity index is 878. The molecule has 5 nitrogen and oxygen atoms in total. The van der Waals surface area contributed by atoms with E-state index in [0.717, 1.165) is 32.4 Å². The molecular formula is C18H17N5S. The normalized spacial score (nSPS) is 11.3. The molecule has 0 atom stereocenters. The number of rotatable bonds is 4. The molecule has 2 aromatic carbocycles. The molecule has 0 aliphatic carbocycles. The van der Waals surface area contributed by atoms with Gasteiger partial charge in [0.2, 0.25) is 5.96 Å². The molecule has 1 heterocycles. The van der Waals surface area contributed by atoms with Gasteiger partial charge < -0.3 is 11.5 Å². The minimum atomic E-state index is -0.0663. The monoisotopic (exact) mass is 335 g/mol. The van der Waals surface area contributed by atoms with Crippen LogP contribution in [-0.4, -0.2) is 16.7 Å². The van der Waals surface area contributed by atoms with E-state index in [4.69, 9.17) is 16.5 Å². The lowest BCUT2D eigenvalue weighted by Gasteiger charge is -2.00. The quantitative estimate of drug-likeness (QED) is 0.434. The van der Waals surface area contributed by atoms with E-state index in [2.05, 4.69) is 10.2 Å². The third-order valence-electron chi connectivity index (χ3n) is 3.34. The summed E-state index contributed by atoms with van der Waals surface area (Å²) in [6.07, 6.45) is 0. The zero-order valence-corrected chi connectivity index (χ0v) is 14.0. The molecule has 0 fully saturated rings. The average molecular weight is 335 g/mol. The van der Waals surface area contributed by atoms with E-state index in [9.17, 15) is 0 Å². The Morgan fingerprint density at radius 1 is 0.875 bits per heavy atom. The smallest absolute Gasteiger partial charge is 0.211 e. The minimum absolute atomic E-state index is 0.0663. The molecule has 3 rings (SSSR count). The van der Waals surface area contributed by atoms with E-state index >= 15 is 0 Å². The number of nitrogens with two attached hydrogens (primary N) is 2. The highest BCUT2D eigenvalue weighted by molar-refractivity contribution is 7.17. The number of hydrogen-bond acceptors (Lipinski definition) is 4. The molecule has 6 heteroatoms. The summed E-state index contributed by atoms with van der Waals surface area (Å²) in [6.45, 7) is 1.88. The molecule has 0 unspecified atom stereocenters. The van der Waals surface area contributed by atoms with Crippen molar-refractivity contribution in [2.24, 2.45) is 21.7 Å². The van der Waals surface area contributed by atoms with Gasteiger partial charge in [0.05, 0.1) is 16.3 Å². The Labute approximate surface area is 144 Å². The van der Waals surface area contributed by atoms with E-state index in [0.29, 0.717) is 0 Å². The van der Waals surface area contributed by atoms with Gasteiger partial charge in [0.1, 0.15) is 5.01 Å². The lowest BCUT2D eigenvalue weighted by molar-refractivity contribution is 1.20. The van der Waals surface area contributed by atoms with Crippen LogP contribution in [0.3, 0.4) is 0 Å². The molecule has 24 heavy (non-hydrogen) atoms. The maximum atomic E-state index is 5.37. The van der Waals surface area contributed by atoms with E-state index in [1.54, 1.807) is 11.3 Å². The topological polar surface area (TPSA) is 89.6 Å². The van der Waals surface area contributed by atoms with Crippen LogP contribution in [0, 0.1) is 0 Å². The fourth-order valence-corrected chi connectivity index (χ4v) is 3.27. The predicted molar refractivity (Wildman–Crippen MR) is 101 cm³/mol. The van der Waals surface area contributed by atoms with Gasteiger partial charge in [-0.3, -0.25) is 0 Å². The molecule has 0 aliphatic rings. The second-order valence-corrected chi connectivity index (χ2v) is 6.14. The Kier molecular flexibility index (Phi) is 4.67. The molecule has 1 aromatic heterocycles. The fourth-order valence-electron chi connectivity index (χ4n) is 2.24. The summed E-state index contributed by atoms with van der Waals surface area (Å²) in [5.74, 6) is -0.0663. The first-order valence-electron chi connectivity index (χ1n) is 7.40. The molecule has 0 radical (unpaired) electrons. The second-order valence-electron chi connectivity index (χ2n) is 5.14. The molecular weight excluding hydrogens is 318 g/mol. The summed E-state index contributed by atoms with van der Waals surface area (Å²) in [5.41, 5.74) is 14.5. The summed E-state index contributed by atoms with van der Waals surface area (Å²) in [4.78, 5) is 5.77. The van der Waals surface area contributed by atoms with Crippen LogP contribution in [0.15, 0.2) is 70.9 Å². The molecule has 3 aromatic rings. The maximum Gasteiger partial charge on any atom is 0.211 e. The second kappa shape index (κ2) is 7.06. The van der Waals surface area contributed by atoms with Gasteiger partial charge >= 0.3 is 0 Å². The van der Waals surface area contributed by atoms with Gasteiger partial charge in [-0.15, -0.1) is 16.4 Å². The van der Waals surface area contributed by atoms with Gasteiger partial charge in [-0.1, -0.05) is 60.7 Å². The van der Waals surface area contributed by atoms with Gasteiger partial charge in [0.25, 0.3) is 0 Å². The van der Waals surface area contributed by atoms with Crippen molar-refractivity contribution in [3.05, 3.63) is 65.5 Å². The van der Waals surface area contributed by atoms with Gasteiger partial charge in [-0.2, -0.15) is 5.10 Å². The van der Waals surface area contributed by atoms with Crippen LogP contribution in [0.4, 0.5) is 0 Å². The highest BCUT2D eigenvalue weighted by atomic mass is 32.1. The third kappa shape index (κ3) is 3.49. The zero-order chi connectivity index (χ0) is 16.9. The van der Waals surface area contributed by atoms with Crippen molar-refractivity contribution in [2.75, 3.05) is 0 Å². The lowest BCUT2D eigenvalue weighted by Crippen LogP contribution is -2.22. The summed E-state index contributed by atoms with van der Waals surface area (Å²) in [5, 5.41) is 8.80. The van der Waals surface area contributed by atoms with Crippen molar-refractivity contribution < 1.29 is 0 Å². The van der Waals surface area contributed by atoms with Crippen LogP contribution in [-0.2, 0) is 0 Å². The zero-order valence-electron chi connectivity index (χ0n) is 13.2. The van der Waals surface area contributed by atoms with E-state index in [1.165, 1.54) is 0 Å². The first-order valence-corrected chi connectivity index (χ1v) is 8.22. The molecule has 120 valence electrons. The summed E-state index contributed by atoms with van der Waals surface area (Å²) in [7, 11) is 0. The van der Waals surface area contributed by atoms with Gasteiger partial charge in [-0.25, -0.2) is 4.98 Å². The van der Waals surface area contributed by atoms with Gasteiger partial charge in [0.15, 0.2) is 0 Å². The van der Waals surface area contributed by atoms with Crippen LogP contribution in [0.25, 0.3) is 21.8 Å². The Morgan fingerprint density at radius 3 is 2.04 bits per heavy atom. The molecule has 0 spiro atoms. The average Bonchev–Trinajstić information content (AvgIpc) is 3.06. The van der Waals surface area contributed by atoms with Crippen LogP contribution < -0.4 is 11.5 Å². The first-order chi connectivity index (χ1) is 11.6. The summed E-state index contributed by atoms with van der Waals surface area (Å²) in [6, 6.07) is 20.1. The van der Waals surface area contributed by atoms with Gasteiger partial charge in [-0.05, 0) is 6.92 Å². The van der Waals surface area contributed by atoms with Crippen molar-refractivity contribution in [3.8, 4) is 21.8 Å². The molecule has 0 amide bonds. The molecule has 0 aliphatic heterocycles. The number of thiazole rings is 1. The van der Waals surface area contributed by atoms with Crippen molar-refractivity contribution in [2.45, 2.75) is 6.92 Å². The number of aromatic nitrogens is 1.